The Morgan fingerprint density at radius 1 is 1.04 bits per heavy atom. The Morgan fingerprint density at radius 2 is 1.72 bits per heavy atom. The van der Waals surface area contributed by atoms with Gasteiger partial charge in [0.1, 0.15) is 11.9 Å². The number of carbonyl (C=O) groups excluding carboxylic acids is 3. The van der Waals surface area contributed by atoms with Crippen molar-refractivity contribution in [2.24, 2.45) is 0 Å². The minimum absolute atomic E-state index is 0.195. The first-order chi connectivity index (χ1) is 12.1. The van der Waals surface area contributed by atoms with Crippen LogP contribution < -0.4 is 15.5 Å². The highest BCUT2D eigenvalue weighted by atomic mass is 16.2. The fourth-order valence-corrected chi connectivity index (χ4v) is 3.24. The minimum Gasteiger partial charge on any atom is -0.351 e. The normalized spacial score (nSPS) is 18.6. The number of nitrogens with zero attached hydrogens (tertiary/aromatic N) is 1. The van der Waals surface area contributed by atoms with Crippen LogP contribution in [0.2, 0.25) is 0 Å². The van der Waals surface area contributed by atoms with Gasteiger partial charge in [0.05, 0.1) is 16.8 Å². The van der Waals surface area contributed by atoms with Gasteiger partial charge in [0.2, 0.25) is 0 Å². The zero-order valence-corrected chi connectivity index (χ0v) is 13.4. The maximum absolute atomic E-state index is 13.0. The second-order valence-corrected chi connectivity index (χ2v) is 5.90. The molecular weight excluding hydrogens is 318 g/mol. The van der Waals surface area contributed by atoms with E-state index in [1.54, 1.807) is 24.3 Å². The van der Waals surface area contributed by atoms with Crippen LogP contribution in [0.3, 0.4) is 0 Å². The van der Waals surface area contributed by atoms with Crippen LogP contribution in [0.25, 0.3) is 0 Å². The van der Waals surface area contributed by atoms with Crippen LogP contribution in [-0.2, 0) is 9.59 Å². The number of hydrogen-bond donors (Lipinski definition) is 2. The van der Waals surface area contributed by atoms with E-state index < -0.39 is 6.17 Å². The third-order valence-electron chi connectivity index (χ3n) is 4.33. The van der Waals surface area contributed by atoms with Gasteiger partial charge in [-0.2, -0.15) is 0 Å². The van der Waals surface area contributed by atoms with Gasteiger partial charge >= 0.3 is 0 Å². The lowest BCUT2D eigenvalue weighted by molar-refractivity contribution is -0.115. The van der Waals surface area contributed by atoms with E-state index in [0.717, 1.165) is 0 Å². The lowest BCUT2D eigenvalue weighted by Gasteiger charge is -2.33. The summed E-state index contributed by atoms with van der Waals surface area (Å²) in [6.45, 7) is 1.39. The Balaban J connectivity index is 1.83. The summed E-state index contributed by atoms with van der Waals surface area (Å²) in [6, 6.07) is 16.0. The quantitative estimate of drug-likeness (QED) is 0.901. The zero-order chi connectivity index (χ0) is 17.6. The maximum Gasteiger partial charge on any atom is 0.277 e. The molecule has 0 radical (unpaired) electrons. The van der Waals surface area contributed by atoms with Crippen LogP contribution in [0.5, 0.6) is 0 Å². The van der Waals surface area contributed by atoms with E-state index in [2.05, 4.69) is 10.6 Å². The molecule has 0 aliphatic carbocycles. The van der Waals surface area contributed by atoms with Gasteiger partial charge in [0.25, 0.3) is 11.8 Å². The maximum atomic E-state index is 13.0. The lowest BCUT2D eigenvalue weighted by Crippen LogP contribution is -2.53. The monoisotopic (exact) mass is 333 g/mol. The average molecular weight is 333 g/mol. The number of Topliss-reactive ketones (excluding diaryl/α,β-unsaturated/α-hetero) is 1. The third-order valence-corrected chi connectivity index (χ3v) is 4.33. The molecule has 1 atom stereocenters. The molecule has 2 amide bonds. The Labute approximate surface area is 144 Å². The first-order valence-corrected chi connectivity index (χ1v) is 7.88. The van der Waals surface area contributed by atoms with Crippen molar-refractivity contribution >= 4 is 29.0 Å². The Hall–Kier alpha value is -3.41. The van der Waals surface area contributed by atoms with E-state index in [0.29, 0.717) is 16.9 Å². The van der Waals surface area contributed by atoms with Crippen LogP contribution in [0, 0.1) is 0 Å². The molecule has 4 rings (SSSR count). The summed E-state index contributed by atoms with van der Waals surface area (Å²) >= 11 is 0. The molecule has 0 aromatic heterocycles. The minimum atomic E-state index is -0.793. The molecule has 2 heterocycles. The third kappa shape index (κ3) is 2.30. The van der Waals surface area contributed by atoms with Crippen molar-refractivity contribution in [2.75, 3.05) is 10.2 Å². The number of nitrogens with one attached hydrogen (secondary N) is 2. The van der Waals surface area contributed by atoms with Crippen LogP contribution in [0.4, 0.5) is 11.4 Å². The van der Waals surface area contributed by atoms with E-state index in [9.17, 15) is 14.4 Å². The highest BCUT2D eigenvalue weighted by Gasteiger charge is 2.46. The van der Waals surface area contributed by atoms with Crippen LogP contribution >= 0.6 is 0 Å². The average Bonchev–Trinajstić information content (AvgIpc) is 2.88. The molecule has 0 saturated heterocycles. The number of ketones is 1. The first kappa shape index (κ1) is 15.1. The van der Waals surface area contributed by atoms with Gasteiger partial charge in [-0.1, -0.05) is 30.3 Å². The standard InChI is InChI=1S/C19H15N3O3/c1-11(23)15-16(20-12-7-3-2-4-8-12)19(25)22-14-10-6-5-9-13(14)18(24)21-17(15)22/h2-10,17,20H,1H3,(H,21,24). The largest absolute Gasteiger partial charge is 0.351 e. The van der Waals surface area contributed by atoms with Crippen molar-refractivity contribution in [1.82, 2.24) is 5.32 Å². The highest BCUT2D eigenvalue weighted by Crippen LogP contribution is 2.36. The molecule has 25 heavy (non-hydrogen) atoms. The molecule has 2 N–H and O–H groups in total. The summed E-state index contributed by atoms with van der Waals surface area (Å²) in [5.41, 5.74) is 2.07. The molecule has 2 aromatic rings. The van der Waals surface area contributed by atoms with Crippen LogP contribution in [0.15, 0.2) is 65.9 Å². The molecule has 124 valence electrons. The van der Waals surface area contributed by atoms with Gasteiger partial charge in [-0.25, -0.2) is 0 Å². The van der Waals surface area contributed by atoms with Crippen LogP contribution in [0.1, 0.15) is 17.3 Å². The summed E-state index contributed by atoms with van der Waals surface area (Å²) in [5.74, 6) is -0.908. The van der Waals surface area contributed by atoms with Crippen molar-refractivity contribution in [2.45, 2.75) is 13.1 Å². The molecule has 0 spiro atoms. The summed E-state index contributed by atoms with van der Waals surface area (Å²) in [5, 5.41) is 5.80. The van der Waals surface area contributed by atoms with Crippen LogP contribution in [-0.4, -0.2) is 23.8 Å². The van der Waals surface area contributed by atoms with E-state index in [1.165, 1.54) is 11.8 Å². The van der Waals surface area contributed by atoms with Crippen molar-refractivity contribution in [3.05, 3.63) is 71.4 Å². The van der Waals surface area contributed by atoms with Crippen molar-refractivity contribution < 1.29 is 14.4 Å². The molecule has 2 aliphatic rings. The molecule has 0 saturated carbocycles. The predicted molar refractivity (Wildman–Crippen MR) is 93.0 cm³/mol. The van der Waals surface area contributed by atoms with Gasteiger partial charge in [-0.05, 0) is 31.2 Å². The van der Waals surface area contributed by atoms with Crippen molar-refractivity contribution in [3.8, 4) is 0 Å². The fraction of sp³-hybridized carbons (Fsp3) is 0.105. The topological polar surface area (TPSA) is 78.5 Å². The van der Waals surface area contributed by atoms with E-state index in [4.69, 9.17) is 0 Å². The van der Waals surface area contributed by atoms with E-state index in [-0.39, 0.29) is 28.9 Å². The summed E-state index contributed by atoms with van der Waals surface area (Å²) in [6.07, 6.45) is -0.793. The second kappa shape index (κ2) is 5.59. The number of hydrogen-bond acceptors (Lipinski definition) is 4. The number of para-hydroxylation sites is 2. The Morgan fingerprint density at radius 3 is 2.44 bits per heavy atom. The van der Waals surface area contributed by atoms with Gasteiger partial charge in [-0.3, -0.25) is 19.3 Å². The smallest absolute Gasteiger partial charge is 0.277 e. The van der Waals surface area contributed by atoms with Crippen molar-refractivity contribution in [3.63, 3.8) is 0 Å². The van der Waals surface area contributed by atoms with Gasteiger partial charge in [0.15, 0.2) is 5.78 Å². The van der Waals surface area contributed by atoms with Gasteiger partial charge in [-0.15, -0.1) is 0 Å². The Bertz CT molecular complexity index is 934. The predicted octanol–water partition coefficient (Wildman–Crippen LogP) is 2.06. The highest BCUT2D eigenvalue weighted by molar-refractivity contribution is 6.22. The number of anilines is 2. The molecule has 6 heteroatoms. The van der Waals surface area contributed by atoms with E-state index >= 15 is 0 Å². The molecule has 2 aromatic carbocycles. The summed E-state index contributed by atoms with van der Waals surface area (Å²) < 4.78 is 0. The molecule has 0 fully saturated rings. The van der Waals surface area contributed by atoms with Crippen molar-refractivity contribution in [1.29, 1.82) is 0 Å². The van der Waals surface area contributed by atoms with Gasteiger partial charge in [0, 0.05) is 5.69 Å². The summed E-state index contributed by atoms with van der Waals surface area (Å²) in [4.78, 5) is 39.1. The lowest BCUT2D eigenvalue weighted by atomic mass is 10.0. The molecule has 1 unspecified atom stereocenters. The summed E-state index contributed by atoms with van der Waals surface area (Å²) in [7, 11) is 0. The number of fused-ring (bicyclic) bond motifs is 3. The molecule has 6 nitrogen and oxygen atoms in total. The number of rotatable bonds is 3. The molecular formula is C19H15N3O3. The number of carbonyl (C=O) groups is 3. The van der Waals surface area contributed by atoms with Gasteiger partial charge < -0.3 is 10.6 Å². The second-order valence-electron chi connectivity index (χ2n) is 5.90. The first-order valence-electron chi connectivity index (χ1n) is 7.88. The molecule has 0 bridgehead atoms. The SMILES string of the molecule is CC(=O)C1=C(Nc2ccccc2)C(=O)N2c3ccccc3C(=O)NC12. The fourth-order valence-electron chi connectivity index (χ4n) is 3.24. The zero-order valence-electron chi connectivity index (χ0n) is 13.4. The van der Waals surface area contributed by atoms with E-state index in [1.807, 2.05) is 30.3 Å². The Kier molecular flexibility index (Phi) is 3.39. The number of benzene rings is 2. The molecule has 2 aliphatic heterocycles. The number of amides is 2.